The zero-order valence-corrected chi connectivity index (χ0v) is 14.2. The summed E-state index contributed by atoms with van der Waals surface area (Å²) in [6.45, 7) is 3.70. The molecule has 1 aromatic heterocycles. The Morgan fingerprint density at radius 1 is 1.28 bits per heavy atom. The van der Waals surface area contributed by atoms with Crippen LogP contribution in [0.5, 0.6) is 0 Å². The van der Waals surface area contributed by atoms with Crippen LogP contribution in [0.4, 0.5) is 0 Å². The smallest absolute Gasteiger partial charge is 0.349 e. The summed E-state index contributed by atoms with van der Waals surface area (Å²) in [7, 11) is 1.33. The molecule has 0 radical (unpaired) electrons. The number of esters is 2. The van der Waals surface area contributed by atoms with Gasteiger partial charge in [0, 0.05) is 11.6 Å². The fraction of sp³-hybridized carbons (Fsp3) is 0.211. The van der Waals surface area contributed by atoms with Crippen LogP contribution in [0, 0.1) is 18.3 Å². The highest BCUT2D eigenvalue weighted by Gasteiger charge is 2.13. The van der Waals surface area contributed by atoms with E-state index < -0.39 is 11.9 Å². The first-order valence-corrected chi connectivity index (χ1v) is 7.58. The van der Waals surface area contributed by atoms with E-state index in [1.165, 1.54) is 13.2 Å². The van der Waals surface area contributed by atoms with Crippen LogP contribution in [0.3, 0.4) is 0 Å². The summed E-state index contributed by atoms with van der Waals surface area (Å²) >= 11 is 0. The fourth-order valence-corrected chi connectivity index (χ4v) is 2.25. The molecule has 0 saturated heterocycles. The van der Waals surface area contributed by atoms with Crippen molar-refractivity contribution in [1.82, 2.24) is 0 Å². The number of hydrogen-bond acceptors (Lipinski definition) is 6. The van der Waals surface area contributed by atoms with Gasteiger partial charge in [-0.25, -0.2) is 9.59 Å². The van der Waals surface area contributed by atoms with Gasteiger partial charge in [-0.1, -0.05) is 6.07 Å². The maximum Gasteiger partial charge on any atom is 0.349 e. The summed E-state index contributed by atoms with van der Waals surface area (Å²) < 4.78 is 15.2. The molecule has 6 nitrogen and oxygen atoms in total. The molecule has 6 heteroatoms. The average Bonchev–Trinajstić information content (AvgIpc) is 3.07. The van der Waals surface area contributed by atoms with Gasteiger partial charge < -0.3 is 13.9 Å². The lowest BCUT2D eigenvalue weighted by molar-refractivity contribution is -0.137. The van der Waals surface area contributed by atoms with Crippen LogP contribution < -0.4 is 0 Å². The van der Waals surface area contributed by atoms with Crippen LogP contribution in [-0.2, 0) is 14.3 Å². The van der Waals surface area contributed by atoms with Gasteiger partial charge in [-0.2, -0.15) is 5.26 Å². The molecule has 0 fully saturated rings. The SMILES string of the molecule is CCOC(=O)/C(C#N)=C/c1ccc(-c2ccc(C(=O)OC)cc2C)o1. The lowest BCUT2D eigenvalue weighted by atomic mass is 10.0. The van der Waals surface area contributed by atoms with E-state index in [2.05, 4.69) is 0 Å². The molecule has 0 bridgehead atoms. The molecule has 25 heavy (non-hydrogen) atoms. The van der Waals surface area contributed by atoms with E-state index in [0.717, 1.165) is 11.1 Å². The number of aryl methyl sites for hydroxylation is 1. The van der Waals surface area contributed by atoms with Gasteiger partial charge in [0.2, 0.25) is 0 Å². The summed E-state index contributed by atoms with van der Waals surface area (Å²) in [5.74, 6) is -0.190. The highest BCUT2D eigenvalue weighted by atomic mass is 16.5. The van der Waals surface area contributed by atoms with Crippen molar-refractivity contribution in [1.29, 1.82) is 5.26 Å². The van der Waals surface area contributed by atoms with E-state index in [-0.39, 0.29) is 12.2 Å². The van der Waals surface area contributed by atoms with E-state index in [4.69, 9.17) is 19.2 Å². The Morgan fingerprint density at radius 3 is 2.64 bits per heavy atom. The van der Waals surface area contributed by atoms with E-state index in [1.807, 2.05) is 6.92 Å². The Kier molecular flexibility index (Phi) is 5.75. The number of rotatable bonds is 5. The van der Waals surface area contributed by atoms with E-state index in [9.17, 15) is 9.59 Å². The first kappa shape index (κ1) is 18.0. The Bertz CT molecular complexity index is 870. The molecule has 2 rings (SSSR count). The first-order chi connectivity index (χ1) is 12.0. The van der Waals surface area contributed by atoms with Gasteiger partial charge >= 0.3 is 11.9 Å². The molecule has 0 unspecified atom stereocenters. The quantitative estimate of drug-likeness (QED) is 0.470. The number of nitriles is 1. The van der Waals surface area contributed by atoms with Gasteiger partial charge in [0.05, 0.1) is 19.3 Å². The molecule has 0 atom stereocenters. The van der Waals surface area contributed by atoms with E-state index in [0.29, 0.717) is 17.1 Å². The van der Waals surface area contributed by atoms with E-state index >= 15 is 0 Å². The third kappa shape index (κ3) is 4.15. The lowest BCUT2D eigenvalue weighted by Gasteiger charge is -2.05. The van der Waals surface area contributed by atoms with Crippen LogP contribution in [0.25, 0.3) is 17.4 Å². The number of furan rings is 1. The van der Waals surface area contributed by atoms with Gasteiger partial charge in [-0.05, 0) is 43.7 Å². The first-order valence-electron chi connectivity index (χ1n) is 7.58. The lowest BCUT2D eigenvalue weighted by Crippen LogP contribution is -2.05. The molecule has 0 aliphatic carbocycles. The van der Waals surface area contributed by atoms with Crippen LogP contribution >= 0.6 is 0 Å². The molecule has 0 aliphatic rings. The number of ether oxygens (including phenoxy) is 2. The molecule has 0 spiro atoms. The van der Waals surface area contributed by atoms with Crippen molar-refractivity contribution in [3.63, 3.8) is 0 Å². The predicted octanol–water partition coefficient (Wildman–Crippen LogP) is 3.51. The second-order valence-corrected chi connectivity index (χ2v) is 5.11. The van der Waals surface area contributed by atoms with Crippen LogP contribution in [0.2, 0.25) is 0 Å². The second-order valence-electron chi connectivity index (χ2n) is 5.11. The summed E-state index contributed by atoms with van der Waals surface area (Å²) in [4.78, 5) is 23.2. The van der Waals surface area contributed by atoms with Gasteiger partial charge in [0.1, 0.15) is 23.2 Å². The zero-order valence-electron chi connectivity index (χ0n) is 14.2. The fourth-order valence-electron chi connectivity index (χ4n) is 2.25. The molecule has 0 aliphatic heterocycles. The number of methoxy groups -OCH3 is 1. The average molecular weight is 339 g/mol. The number of carbonyl (C=O) groups excluding carboxylic acids is 2. The highest BCUT2D eigenvalue weighted by molar-refractivity contribution is 5.97. The molecule has 1 aromatic carbocycles. The van der Waals surface area contributed by atoms with Crippen molar-refractivity contribution in [2.24, 2.45) is 0 Å². The van der Waals surface area contributed by atoms with Gasteiger partial charge in [-0.15, -0.1) is 0 Å². The largest absolute Gasteiger partial charge is 0.465 e. The Labute approximate surface area is 145 Å². The van der Waals surface area contributed by atoms with Crippen LogP contribution in [-0.4, -0.2) is 25.7 Å². The van der Waals surface area contributed by atoms with Crippen LogP contribution in [0.1, 0.15) is 28.6 Å². The zero-order chi connectivity index (χ0) is 18.4. The summed E-state index contributed by atoms with van der Waals surface area (Å²) in [6.07, 6.45) is 1.33. The van der Waals surface area contributed by atoms with Crippen molar-refractivity contribution >= 4 is 18.0 Å². The molecular weight excluding hydrogens is 322 g/mol. The summed E-state index contributed by atoms with van der Waals surface area (Å²) in [6, 6.07) is 10.3. The molecule has 0 saturated carbocycles. The highest BCUT2D eigenvalue weighted by Crippen LogP contribution is 2.27. The number of benzene rings is 1. The molecule has 128 valence electrons. The van der Waals surface area contributed by atoms with Crippen molar-refractivity contribution in [3.05, 3.63) is 52.8 Å². The van der Waals surface area contributed by atoms with E-state index in [1.54, 1.807) is 43.3 Å². The minimum Gasteiger partial charge on any atom is -0.465 e. The number of nitrogens with zero attached hydrogens (tertiary/aromatic N) is 1. The van der Waals surface area contributed by atoms with Crippen molar-refractivity contribution < 1.29 is 23.5 Å². The van der Waals surface area contributed by atoms with Crippen molar-refractivity contribution in [2.75, 3.05) is 13.7 Å². The normalized spacial score (nSPS) is 10.9. The standard InChI is InChI=1S/C19H17NO5/c1-4-24-19(22)14(11-20)10-15-6-8-17(25-15)16-7-5-13(9-12(16)2)18(21)23-3/h5-10H,4H2,1-3H3/b14-10+. The molecule has 2 aromatic rings. The summed E-state index contributed by atoms with van der Waals surface area (Å²) in [5.41, 5.74) is 1.94. The molecular formula is C19H17NO5. The molecule has 0 amide bonds. The third-order valence-electron chi connectivity index (χ3n) is 3.44. The number of carbonyl (C=O) groups is 2. The monoisotopic (exact) mass is 339 g/mol. The predicted molar refractivity (Wildman–Crippen MR) is 90.4 cm³/mol. The van der Waals surface area contributed by atoms with Gasteiger partial charge in [-0.3, -0.25) is 0 Å². The second kappa shape index (κ2) is 7.97. The Balaban J connectivity index is 2.31. The van der Waals surface area contributed by atoms with Gasteiger partial charge in [0.25, 0.3) is 0 Å². The molecule has 1 heterocycles. The minimum atomic E-state index is -0.693. The van der Waals surface area contributed by atoms with Crippen molar-refractivity contribution in [3.8, 4) is 17.4 Å². The van der Waals surface area contributed by atoms with Gasteiger partial charge in [0.15, 0.2) is 0 Å². The minimum absolute atomic E-state index is 0.138. The third-order valence-corrected chi connectivity index (χ3v) is 3.44. The molecule has 0 N–H and O–H groups in total. The Hall–Kier alpha value is -3.33. The van der Waals surface area contributed by atoms with Crippen molar-refractivity contribution in [2.45, 2.75) is 13.8 Å². The number of hydrogen-bond donors (Lipinski definition) is 0. The van der Waals surface area contributed by atoms with Crippen LogP contribution in [0.15, 0.2) is 40.3 Å². The Morgan fingerprint density at radius 2 is 2.04 bits per heavy atom. The summed E-state index contributed by atoms with van der Waals surface area (Å²) in [5, 5.41) is 9.05. The maximum absolute atomic E-state index is 11.6. The topological polar surface area (TPSA) is 89.5 Å². The maximum atomic E-state index is 11.6.